The Morgan fingerprint density at radius 2 is 2.00 bits per heavy atom. The van der Waals surface area contributed by atoms with Gasteiger partial charge in [0.2, 0.25) is 0 Å². The third-order valence-corrected chi connectivity index (χ3v) is 6.11. The van der Waals surface area contributed by atoms with Crippen LogP contribution in [0.4, 0.5) is 13.2 Å². The van der Waals surface area contributed by atoms with Crippen LogP contribution in [0, 0.1) is 0 Å². The van der Waals surface area contributed by atoms with E-state index in [1.54, 1.807) is 19.2 Å². The molecule has 0 aliphatic heterocycles. The van der Waals surface area contributed by atoms with E-state index in [4.69, 9.17) is 0 Å². The largest absolute Gasteiger partial charge is 0.417 e. The minimum Gasteiger partial charge on any atom is -0.310 e. The third-order valence-electron chi connectivity index (χ3n) is 4.33. The lowest BCUT2D eigenvalue weighted by Crippen LogP contribution is -2.07. The van der Waals surface area contributed by atoms with Crippen molar-refractivity contribution >= 4 is 33.3 Å². The molecule has 0 bridgehead atoms. The van der Waals surface area contributed by atoms with Gasteiger partial charge in [-0.15, -0.1) is 0 Å². The maximum absolute atomic E-state index is 13.0. The zero-order chi connectivity index (χ0) is 21.6. The van der Waals surface area contributed by atoms with Crippen molar-refractivity contribution in [3.8, 4) is 11.5 Å². The van der Waals surface area contributed by atoms with Gasteiger partial charge in [-0.1, -0.05) is 19.6 Å². The lowest BCUT2D eigenvalue weighted by Gasteiger charge is -2.05. The molecule has 0 spiro atoms. The summed E-state index contributed by atoms with van der Waals surface area (Å²) in [4.78, 5) is 7.99. The zero-order valence-electron chi connectivity index (χ0n) is 15.9. The molecule has 7 nitrogen and oxygen atoms in total. The van der Waals surface area contributed by atoms with Gasteiger partial charge in [-0.3, -0.25) is 0 Å². The minimum atomic E-state index is -4.57. The molecule has 0 fully saturated rings. The smallest absolute Gasteiger partial charge is 0.310 e. The van der Waals surface area contributed by atoms with Crippen LogP contribution in [0.25, 0.3) is 35.0 Å². The van der Waals surface area contributed by atoms with E-state index in [0.717, 1.165) is 6.07 Å². The monoisotopic (exact) mass is 425 g/mol. The lowest BCUT2D eigenvalue weighted by molar-refractivity contribution is -0.137. The molecule has 0 aliphatic carbocycles. The van der Waals surface area contributed by atoms with Crippen molar-refractivity contribution < 1.29 is 21.6 Å². The van der Waals surface area contributed by atoms with Gasteiger partial charge in [0, 0.05) is 19.4 Å². The number of imidazole rings is 1. The predicted molar refractivity (Wildman–Crippen MR) is 104 cm³/mol. The number of aryl methyl sites for hydroxylation is 1. The summed E-state index contributed by atoms with van der Waals surface area (Å²) in [6.07, 6.45) is 0.724. The first-order valence-corrected chi connectivity index (χ1v) is 10.2. The fourth-order valence-corrected chi connectivity index (χ4v) is 4.12. The molecular formula is C18H18F3N5O2S. The SMILES string of the molecule is C=Cc1c(S(=O)(=O)CC)c(-c2nc3cc(C(F)(F)F)cnc3n2C)nn1/C=C\C. The summed E-state index contributed by atoms with van der Waals surface area (Å²) < 4.78 is 67.4. The molecule has 3 rings (SSSR count). The average Bonchev–Trinajstić information content (AvgIpc) is 3.19. The summed E-state index contributed by atoms with van der Waals surface area (Å²) in [7, 11) is -2.21. The van der Waals surface area contributed by atoms with Gasteiger partial charge in [0.05, 0.1) is 17.0 Å². The zero-order valence-corrected chi connectivity index (χ0v) is 16.7. The van der Waals surface area contributed by atoms with Crippen LogP contribution in [-0.2, 0) is 23.1 Å². The predicted octanol–water partition coefficient (Wildman–Crippen LogP) is 3.78. The summed E-state index contributed by atoms with van der Waals surface area (Å²) in [5.41, 5.74) is -0.515. The van der Waals surface area contributed by atoms with Crippen molar-refractivity contribution in [1.29, 1.82) is 0 Å². The van der Waals surface area contributed by atoms with E-state index in [0.29, 0.717) is 6.20 Å². The van der Waals surface area contributed by atoms with E-state index >= 15 is 0 Å². The van der Waals surface area contributed by atoms with Crippen LogP contribution < -0.4 is 0 Å². The molecule has 0 atom stereocenters. The number of pyridine rings is 1. The molecular weight excluding hydrogens is 407 g/mol. The van der Waals surface area contributed by atoms with Crippen molar-refractivity contribution in [3.05, 3.63) is 36.2 Å². The van der Waals surface area contributed by atoms with E-state index < -0.39 is 21.6 Å². The standard InChI is InChI=1S/C18H18F3N5O2S/c1-5-8-26-13(6-2)15(29(27,28)7-3)14(24-26)17-23-12-9-11(18(19,20)21)10-22-16(12)25(17)4/h5-6,8-10H,2,7H2,1,3-4H3/b8-5-. The molecule has 3 aromatic heterocycles. The Morgan fingerprint density at radius 3 is 2.55 bits per heavy atom. The van der Waals surface area contributed by atoms with E-state index in [1.165, 1.54) is 29.3 Å². The number of hydrogen-bond acceptors (Lipinski definition) is 5. The molecule has 0 radical (unpaired) electrons. The number of halogens is 3. The fourth-order valence-electron chi connectivity index (χ4n) is 2.91. The quantitative estimate of drug-likeness (QED) is 0.621. The number of aromatic nitrogens is 5. The van der Waals surface area contributed by atoms with Gasteiger partial charge in [0.1, 0.15) is 16.1 Å². The summed E-state index contributed by atoms with van der Waals surface area (Å²) in [5.74, 6) is -0.104. The summed E-state index contributed by atoms with van der Waals surface area (Å²) >= 11 is 0. The number of hydrogen-bond donors (Lipinski definition) is 0. The summed E-state index contributed by atoms with van der Waals surface area (Å²) in [6, 6.07) is 0.872. The second kappa shape index (κ2) is 7.14. The van der Waals surface area contributed by atoms with Crippen LogP contribution in [0.15, 0.2) is 29.8 Å². The summed E-state index contributed by atoms with van der Waals surface area (Å²) in [5, 5.41) is 4.33. The first kappa shape index (κ1) is 20.8. The second-order valence-corrected chi connectivity index (χ2v) is 8.37. The molecule has 0 amide bonds. The molecule has 0 N–H and O–H groups in total. The van der Waals surface area contributed by atoms with Crippen LogP contribution in [0.3, 0.4) is 0 Å². The van der Waals surface area contributed by atoms with Gasteiger partial charge in [0.15, 0.2) is 21.3 Å². The molecule has 0 aromatic carbocycles. The first-order valence-electron chi connectivity index (χ1n) is 8.55. The van der Waals surface area contributed by atoms with Gasteiger partial charge in [-0.2, -0.15) is 18.3 Å². The Kier molecular flexibility index (Phi) is 5.11. The van der Waals surface area contributed by atoms with Crippen LogP contribution in [0.1, 0.15) is 25.1 Å². The van der Waals surface area contributed by atoms with Crippen molar-refractivity contribution in [1.82, 2.24) is 24.3 Å². The molecule has 11 heteroatoms. The number of fused-ring (bicyclic) bond motifs is 1. The highest BCUT2D eigenvalue weighted by molar-refractivity contribution is 7.91. The van der Waals surface area contributed by atoms with Gasteiger partial charge in [0.25, 0.3) is 0 Å². The highest BCUT2D eigenvalue weighted by atomic mass is 32.2. The molecule has 3 heterocycles. The van der Waals surface area contributed by atoms with E-state index in [1.807, 2.05) is 0 Å². The number of nitrogens with zero attached hydrogens (tertiary/aromatic N) is 5. The highest BCUT2D eigenvalue weighted by Crippen LogP contribution is 2.34. The molecule has 154 valence electrons. The van der Waals surface area contributed by atoms with Crippen molar-refractivity contribution in [2.24, 2.45) is 7.05 Å². The highest BCUT2D eigenvalue weighted by Gasteiger charge is 2.33. The summed E-state index contributed by atoms with van der Waals surface area (Å²) in [6.45, 7) is 6.90. The van der Waals surface area contributed by atoms with Crippen molar-refractivity contribution in [2.75, 3.05) is 5.75 Å². The normalized spacial score (nSPS) is 12.9. The molecule has 0 saturated carbocycles. The Hall–Kier alpha value is -2.95. The van der Waals surface area contributed by atoms with Crippen molar-refractivity contribution in [2.45, 2.75) is 24.9 Å². The lowest BCUT2D eigenvalue weighted by atomic mass is 10.2. The molecule has 3 aromatic rings. The minimum absolute atomic E-state index is 0.0158. The molecule has 0 saturated heterocycles. The Balaban J connectivity index is 2.37. The van der Waals surface area contributed by atoms with Gasteiger partial charge in [-0.05, 0) is 19.1 Å². The number of alkyl halides is 3. The van der Waals surface area contributed by atoms with Gasteiger partial charge < -0.3 is 4.57 Å². The molecule has 0 unspecified atom stereocenters. The molecule has 29 heavy (non-hydrogen) atoms. The Labute approximate surface area is 165 Å². The number of sulfone groups is 1. The van der Waals surface area contributed by atoms with Crippen molar-refractivity contribution in [3.63, 3.8) is 0 Å². The van der Waals surface area contributed by atoms with Crippen LogP contribution >= 0.6 is 0 Å². The maximum Gasteiger partial charge on any atom is 0.417 e. The van der Waals surface area contributed by atoms with E-state index in [9.17, 15) is 21.6 Å². The fraction of sp³-hybridized carbons (Fsp3) is 0.278. The second-order valence-electron chi connectivity index (χ2n) is 6.16. The topological polar surface area (TPSA) is 82.7 Å². The number of allylic oxidation sites excluding steroid dienone is 1. The van der Waals surface area contributed by atoms with Crippen LogP contribution in [0.2, 0.25) is 0 Å². The van der Waals surface area contributed by atoms with E-state index in [-0.39, 0.29) is 39.0 Å². The Morgan fingerprint density at radius 1 is 1.31 bits per heavy atom. The van der Waals surface area contributed by atoms with Crippen LogP contribution in [-0.4, -0.2) is 38.5 Å². The number of rotatable bonds is 5. The Bertz CT molecular complexity index is 1240. The maximum atomic E-state index is 13.0. The first-order chi connectivity index (χ1) is 13.5. The van der Waals surface area contributed by atoms with E-state index in [2.05, 4.69) is 21.6 Å². The van der Waals surface area contributed by atoms with Gasteiger partial charge in [-0.25, -0.2) is 23.1 Å². The average molecular weight is 425 g/mol. The van der Waals surface area contributed by atoms with Gasteiger partial charge >= 0.3 is 6.18 Å². The molecule has 0 aliphatic rings. The third kappa shape index (κ3) is 3.46. The van der Waals surface area contributed by atoms with Crippen LogP contribution in [0.5, 0.6) is 0 Å².